The van der Waals surface area contributed by atoms with E-state index in [0.29, 0.717) is 0 Å². The number of nitrogens with zero attached hydrogens (tertiary/aromatic N) is 2. The first-order chi connectivity index (χ1) is 8.72. The molecule has 2 unspecified atom stereocenters. The second-order valence-electron chi connectivity index (χ2n) is 4.26. The molecule has 1 aromatic rings. The minimum Gasteiger partial charge on any atom is -0.472 e. The van der Waals surface area contributed by atoms with Crippen LogP contribution in [0.15, 0.2) is 6.20 Å². The number of hydrogen-bond donors (Lipinski definition) is 2. The summed E-state index contributed by atoms with van der Waals surface area (Å²) in [6, 6.07) is 0. The number of nitrogens with two attached hydrogens (primary N) is 1. The first-order valence-electron chi connectivity index (χ1n) is 5.91. The van der Waals surface area contributed by atoms with Crippen molar-refractivity contribution in [2.24, 2.45) is 5.84 Å². The zero-order chi connectivity index (χ0) is 13.0. The number of aromatic nitrogens is 2. The molecular formula is C11H17FN4O2. The quantitative estimate of drug-likeness (QED) is 0.623. The topological polar surface area (TPSA) is 82.3 Å². The Balaban J connectivity index is 2.04. The van der Waals surface area contributed by atoms with Gasteiger partial charge in [-0.2, -0.15) is 9.37 Å². The number of anilines is 1. The van der Waals surface area contributed by atoms with Crippen molar-refractivity contribution in [3.05, 3.63) is 12.0 Å². The number of hydrogen-bond acceptors (Lipinski definition) is 6. The highest BCUT2D eigenvalue weighted by atomic mass is 19.1. The van der Waals surface area contributed by atoms with Crippen LogP contribution < -0.4 is 16.0 Å². The molecule has 2 atom stereocenters. The fourth-order valence-electron chi connectivity index (χ4n) is 2.08. The average Bonchev–Trinajstić information content (AvgIpc) is 2.41. The number of rotatable bonds is 4. The van der Waals surface area contributed by atoms with E-state index in [9.17, 15) is 4.39 Å². The molecule has 3 N–H and O–H groups in total. The molecule has 1 aliphatic carbocycles. The molecule has 0 radical (unpaired) electrons. The maximum absolute atomic E-state index is 13.5. The summed E-state index contributed by atoms with van der Waals surface area (Å²) in [6.07, 6.45) is 4.74. The van der Waals surface area contributed by atoms with Gasteiger partial charge >= 0.3 is 0 Å². The Bertz CT molecular complexity index is 405. The molecule has 1 heterocycles. The second kappa shape index (κ2) is 5.92. The Morgan fingerprint density at radius 3 is 2.94 bits per heavy atom. The van der Waals surface area contributed by atoms with Crippen LogP contribution >= 0.6 is 0 Å². The van der Waals surface area contributed by atoms with Crippen LogP contribution in [0.2, 0.25) is 0 Å². The molecule has 2 rings (SSSR count). The van der Waals surface area contributed by atoms with Crippen LogP contribution in [-0.2, 0) is 4.74 Å². The molecule has 100 valence electrons. The number of methoxy groups -OCH3 is 1. The van der Waals surface area contributed by atoms with Crippen LogP contribution in [0.4, 0.5) is 10.3 Å². The maximum atomic E-state index is 13.5. The first kappa shape index (κ1) is 13.0. The fourth-order valence-corrected chi connectivity index (χ4v) is 2.08. The van der Waals surface area contributed by atoms with Gasteiger partial charge in [-0.15, -0.1) is 0 Å². The molecule has 0 amide bonds. The van der Waals surface area contributed by atoms with Crippen molar-refractivity contribution in [3.63, 3.8) is 0 Å². The fraction of sp³-hybridized carbons (Fsp3) is 0.636. The molecule has 1 saturated carbocycles. The minimum absolute atomic E-state index is 0.0697. The predicted molar refractivity (Wildman–Crippen MR) is 63.5 cm³/mol. The van der Waals surface area contributed by atoms with Gasteiger partial charge in [0, 0.05) is 13.5 Å². The number of halogens is 1. The average molecular weight is 256 g/mol. The van der Waals surface area contributed by atoms with E-state index in [2.05, 4.69) is 15.4 Å². The van der Waals surface area contributed by atoms with E-state index in [1.165, 1.54) is 0 Å². The van der Waals surface area contributed by atoms with Crippen LogP contribution in [0.3, 0.4) is 0 Å². The van der Waals surface area contributed by atoms with Gasteiger partial charge in [0.1, 0.15) is 6.10 Å². The van der Waals surface area contributed by atoms with Crippen molar-refractivity contribution in [1.29, 1.82) is 0 Å². The third kappa shape index (κ3) is 3.05. The highest BCUT2D eigenvalue weighted by molar-refractivity contribution is 5.26. The van der Waals surface area contributed by atoms with E-state index in [4.69, 9.17) is 15.3 Å². The van der Waals surface area contributed by atoms with Crippen molar-refractivity contribution in [3.8, 4) is 5.88 Å². The third-order valence-corrected chi connectivity index (χ3v) is 3.03. The molecule has 0 bridgehead atoms. The smallest absolute Gasteiger partial charge is 0.255 e. The van der Waals surface area contributed by atoms with Gasteiger partial charge in [0.05, 0.1) is 12.3 Å². The van der Waals surface area contributed by atoms with E-state index in [1.54, 1.807) is 7.11 Å². The highest BCUT2D eigenvalue weighted by Crippen LogP contribution is 2.25. The highest BCUT2D eigenvalue weighted by Gasteiger charge is 2.24. The number of nitrogen functional groups attached to an aromatic ring is 1. The summed E-state index contributed by atoms with van der Waals surface area (Å²) in [5.41, 5.74) is 2.26. The summed E-state index contributed by atoms with van der Waals surface area (Å²) < 4.78 is 24.3. The monoisotopic (exact) mass is 256 g/mol. The lowest BCUT2D eigenvalue weighted by Gasteiger charge is -2.28. The summed E-state index contributed by atoms with van der Waals surface area (Å²) in [6.45, 7) is 0. The molecule has 0 saturated heterocycles. The van der Waals surface area contributed by atoms with E-state index >= 15 is 0 Å². The maximum Gasteiger partial charge on any atom is 0.255 e. The van der Waals surface area contributed by atoms with Gasteiger partial charge < -0.3 is 9.47 Å². The summed E-state index contributed by atoms with van der Waals surface area (Å²) in [7, 11) is 1.68. The molecule has 0 aromatic carbocycles. The lowest BCUT2D eigenvalue weighted by Crippen LogP contribution is -2.30. The molecule has 1 aromatic heterocycles. The molecule has 1 fully saturated rings. The minimum atomic E-state index is -0.589. The van der Waals surface area contributed by atoms with Gasteiger partial charge in [0.15, 0.2) is 0 Å². The molecule has 1 aliphatic rings. The summed E-state index contributed by atoms with van der Waals surface area (Å²) >= 11 is 0. The van der Waals surface area contributed by atoms with Crippen LogP contribution in [-0.4, -0.2) is 29.3 Å². The Hall–Kier alpha value is -1.47. The van der Waals surface area contributed by atoms with E-state index < -0.39 is 5.82 Å². The van der Waals surface area contributed by atoms with Gasteiger partial charge in [0.2, 0.25) is 11.8 Å². The first-order valence-corrected chi connectivity index (χ1v) is 5.91. The molecule has 0 aliphatic heterocycles. The van der Waals surface area contributed by atoms with E-state index in [1.807, 2.05) is 0 Å². The van der Waals surface area contributed by atoms with Gasteiger partial charge in [-0.3, -0.25) is 5.43 Å². The number of nitrogens with one attached hydrogen (secondary N) is 1. The number of ether oxygens (including phenoxy) is 2. The van der Waals surface area contributed by atoms with Crippen molar-refractivity contribution >= 4 is 5.95 Å². The molecular weight excluding hydrogens is 239 g/mol. The van der Waals surface area contributed by atoms with Gasteiger partial charge in [-0.1, -0.05) is 0 Å². The molecule has 0 spiro atoms. The lowest BCUT2D eigenvalue weighted by molar-refractivity contribution is 0.0181. The Labute approximate surface area is 105 Å². The van der Waals surface area contributed by atoms with Crippen molar-refractivity contribution in [2.45, 2.75) is 37.9 Å². The van der Waals surface area contributed by atoms with E-state index in [0.717, 1.165) is 31.9 Å². The second-order valence-corrected chi connectivity index (χ2v) is 4.26. The summed E-state index contributed by atoms with van der Waals surface area (Å²) in [4.78, 5) is 7.51. The molecule has 6 nitrogen and oxygen atoms in total. The Morgan fingerprint density at radius 2 is 2.22 bits per heavy atom. The zero-order valence-corrected chi connectivity index (χ0v) is 10.2. The lowest BCUT2D eigenvalue weighted by atomic mass is 9.95. The van der Waals surface area contributed by atoms with Crippen LogP contribution in [0.25, 0.3) is 0 Å². The SMILES string of the molecule is COC1CCCC(Oc2nc(NN)ncc2F)C1. The van der Waals surface area contributed by atoms with Crippen molar-refractivity contribution in [2.75, 3.05) is 12.5 Å². The third-order valence-electron chi connectivity index (χ3n) is 3.03. The van der Waals surface area contributed by atoms with Crippen LogP contribution in [0, 0.1) is 5.82 Å². The van der Waals surface area contributed by atoms with Gasteiger partial charge in [0.25, 0.3) is 5.88 Å². The standard InChI is InChI=1S/C11H17FN4O2/c1-17-7-3-2-4-8(5-7)18-10-9(12)6-14-11(15-10)16-13/h6-8H,2-5,13H2,1H3,(H,14,15,16). The predicted octanol–water partition coefficient (Wildman–Crippen LogP) is 1.24. The molecule has 7 heteroatoms. The Kier molecular flexibility index (Phi) is 4.27. The normalized spacial score (nSPS) is 23.7. The molecule has 18 heavy (non-hydrogen) atoms. The van der Waals surface area contributed by atoms with Crippen molar-refractivity contribution in [1.82, 2.24) is 9.97 Å². The van der Waals surface area contributed by atoms with Crippen LogP contribution in [0.1, 0.15) is 25.7 Å². The van der Waals surface area contributed by atoms with Crippen LogP contribution in [0.5, 0.6) is 5.88 Å². The summed E-state index contributed by atoms with van der Waals surface area (Å²) in [5.74, 6) is 4.64. The largest absolute Gasteiger partial charge is 0.472 e. The van der Waals surface area contributed by atoms with Gasteiger partial charge in [-0.05, 0) is 19.3 Å². The number of hydrazine groups is 1. The Morgan fingerprint density at radius 1 is 1.44 bits per heavy atom. The summed E-state index contributed by atoms with van der Waals surface area (Å²) in [5, 5.41) is 0. The van der Waals surface area contributed by atoms with Crippen molar-refractivity contribution < 1.29 is 13.9 Å². The zero-order valence-electron chi connectivity index (χ0n) is 10.2. The van der Waals surface area contributed by atoms with E-state index in [-0.39, 0.29) is 24.0 Å². The van der Waals surface area contributed by atoms with Gasteiger partial charge in [-0.25, -0.2) is 10.8 Å².